The van der Waals surface area contributed by atoms with Crippen molar-refractivity contribution in [2.45, 2.75) is 33.0 Å². The lowest BCUT2D eigenvalue weighted by Crippen LogP contribution is -2.43. The summed E-state index contributed by atoms with van der Waals surface area (Å²) >= 11 is 0. The molecule has 2 heterocycles. The Kier molecular flexibility index (Phi) is 7.77. The highest BCUT2D eigenvalue weighted by Crippen LogP contribution is 2.37. The first-order valence-electron chi connectivity index (χ1n) is 13.0. The molecule has 0 unspecified atom stereocenters. The van der Waals surface area contributed by atoms with E-state index in [2.05, 4.69) is 4.98 Å². The molecule has 0 atom stereocenters. The van der Waals surface area contributed by atoms with Crippen LogP contribution in [-0.4, -0.2) is 29.1 Å². The average molecular weight is 527 g/mol. The molecule has 0 spiro atoms. The number of hydrogen-bond donors (Lipinski definition) is 1. The minimum absolute atomic E-state index is 0.305. The van der Waals surface area contributed by atoms with Crippen molar-refractivity contribution in [3.05, 3.63) is 108 Å². The molecule has 200 valence electrons. The first kappa shape index (κ1) is 26.2. The van der Waals surface area contributed by atoms with Crippen molar-refractivity contribution in [1.29, 1.82) is 0 Å². The Hall–Kier alpha value is -4.39. The third-order valence-electron chi connectivity index (χ3n) is 7.27. The molecule has 1 aliphatic rings. The highest BCUT2D eigenvalue weighted by atomic mass is 19.1. The van der Waals surface area contributed by atoms with E-state index >= 15 is 4.39 Å². The summed E-state index contributed by atoms with van der Waals surface area (Å²) in [5.74, 6) is -0.404. The zero-order valence-electron chi connectivity index (χ0n) is 21.8. The van der Waals surface area contributed by atoms with Gasteiger partial charge in [0.05, 0.1) is 11.1 Å². The van der Waals surface area contributed by atoms with Gasteiger partial charge >= 0.3 is 5.97 Å². The molecular formula is C32H31FN2O4. The predicted molar refractivity (Wildman–Crippen MR) is 148 cm³/mol. The van der Waals surface area contributed by atoms with Gasteiger partial charge in [-0.1, -0.05) is 66.7 Å². The number of rotatable bonds is 9. The van der Waals surface area contributed by atoms with E-state index in [1.165, 1.54) is 6.07 Å². The summed E-state index contributed by atoms with van der Waals surface area (Å²) < 4.78 is 27.4. The normalized spacial score (nSPS) is 14.6. The van der Waals surface area contributed by atoms with Crippen molar-refractivity contribution in [3.63, 3.8) is 0 Å². The second-order valence-corrected chi connectivity index (χ2v) is 10.1. The molecule has 0 bridgehead atoms. The van der Waals surface area contributed by atoms with Crippen LogP contribution in [0.3, 0.4) is 0 Å². The molecule has 6 nitrogen and oxygen atoms in total. The quantitative estimate of drug-likeness (QED) is 0.261. The topological polar surface area (TPSA) is 71.9 Å². The first-order chi connectivity index (χ1) is 18.9. The van der Waals surface area contributed by atoms with Crippen molar-refractivity contribution in [2.75, 3.05) is 18.0 Å². The molecule has 1 aliphatic heterocycles. The standard InChI is InChI=1S/C32H31FN2O4/c1-32(31(36)37)16-18-35(19-17-32)28-14-12-25(20-27(28)33)26-13-15-29(38-21-23-8-4-2-5-9-23)34-30(26)39-22-24-10-6-3-7-11-24/h2-15,20H,16-19,21-22H2,1H3,(H,36,37). The summed E-state index contributed by atoms with van der Waals surface area (Å²) in [4.78, 5) is 18.1. The number of anilines is 1. The Labute approximate surface area is 227 Å². The van der Waals surface area contributed by atoms with E-state index in [4.69, 9.17) is 9.47 Å². The lowest BCUT2D eigenvalue weighted by Gasteiger charge is -2.37. The second kappa shape index (κ2) is 11.6. The van der Waals surface area contributed by atoms with E-state index in [1.807, 2.05) is 77.7 Å². The van der Waals surface area contributed by atoms with E-state index < -0.39 is 11.4 Å². The summed E-state index contributed by atoms with van der Waals surface area (Å²) in [5.41, 5.74) is 2.99. The zero-order chi connectivity index (χ0) is 27.2. The monoisotopic (exact) mass is 526 g/mol. The molecule has 0 radical (unpaired) electrons. The Morgan fingerprint density at radius 3 is 2.10 bits per heavy atom. The number of carboxylic acid groups (broad SMARTS) is 1. The molecule has 1 saturated heterocycles. The molecule has 1 fully saturated rings. The second-order valence-electron chi connectivity index (χ2n) is 10.1. The van der Waals surface area contributed by atoms with Gasteiger partial charge in [0, 0.05) is 24.7 Å². The maximum Gasteiger partial charge on any atom is 0.309 e. The van der Waals surface area contributed by atoms with Crippen LogP contribution in [0, 0.1) is 11.2 Å². The van der Waals surface area contributed by atoms with Gasteiger partial charge in [-0.2, -0.15) is 4.98 Å². The minimum Gasteiger partial charge on any atom is -0.481 e. The van der Waals surface area contributed by atoms with Crippen LogP contribution in [0.5, 0.6) is 11.8 Å². The van der Waals surface area contributed by atoms with Gasteiger partial charge in [-0.15, -0.1) is 0 Å². The molecule has 1 aromatic heterocycles. The number of piperidine rings is 1. The number of carboxylic acids is 1. The van der Waals surface area contributed by atoms with Gasteiger partial charge < -0.3 is 19.5 Å². The molecule has 0 amide bonds. The molecule has 1 N–H and O–H groups in total. The van der Waals surface area contributed by atoms with Gasteiger partial charge in [0.2, 0.25) is 11.8 Å². The van der Waals surface area contributed by atoms with Gasteiger partial charge in [0.25, 0.3) is 0 Å². The third-order valence-corrected chi connectivity index (χ3v) is 7.27. The summed E-state index contributed by atoms with van der Waals surface area (Å²) in [6.07, 6.45) is 0.935. The SMILES string of the molecule is CC1(C(=O)O)CCN(c2ccc(-c3ccc(OCc4ccccc4)nc3OCc3ccccc3)cc2F)CC1. The zero-order valence-corrected chi connectivity index (χ0v) is 21.8. The Balaban J connectivity index is 1.38. The van der Waals surface area contributed by atoms with Gasteiger partial charge in [-0.25, -0.2) is 4.39 Å². The summed E-state index contributed by atoms with van der Waals surface area (Å²) in [5, 5.41) is 9.51. The highest BCUT2D eigenvalue weighted by molar-refractivity contribution is 5.75. The largest absolute Gasteiger partial charge is 0.481 e. The fourth-order valence-corrected chi connectivity index (χ4v) is 4.68. The number of hydrogen-bond acceptors (Lipinski definition) is 5. The molecule has 3 aromatic carbocycles. The fraction of sp³-hybridized carbons (Fsp3) is 0.250. The third kappa shape index (κ3) is 6.20. The van der Waals surface area contributed by atoms with Crippen molar-refractivity contribution >= 4 is 11.7 Å². The molecule has 0 saturated carbocycles. The lowest BCUT2D eigenvalue weighted by molar-refractivity contribution is -0.149. The summed E-state index contributed by atoms with van der Waals surface area (Å²) in [7, 11) is 0. The highest BCUT2D eigenvalue weighted by Gasteiger charge is 2.37. The summed E-state index contributed by atoms with van der Waals surface area (Å²) in [6, 6.07) is 28.3. The summed E-state index contributed by atoms with van der Waals surface area (Å²) in [6.45, 7) is 3.40. The van der Waals surface area contributed by atoms with Crippen LogP contribution in [0.2, 0.25) is 0 Å². The minimum atomic E-state index is -0.801. The molecule has 0 aliphatic carbocycles. The van der Waals surface area contributed by atoms with E-state index in [9.17, 15) is 9.90 Å². The van der Waals surface area contributed by atoms with Crippen molar-refractivity contribution in [3.8, 4) is 22.9 Å². The number of aromatic nitrogens is 1. The molecule has 4 aromatic rings. The maximum atomic E-state index is 15.4. The van der Waals surface area contributed by atoms with E-state index in [-0.39, 0.29) is 5.82 Å². The van der Waals surface area contributed by atoms with Crippen LogP contribution < -0.4 is 14.4 Å². The van der Waals surface area contributed by atoms with Gasteiger partial charge in [-0.3, -0.25) is 4.79 Å². The van der Waals surface area contributed by atoms with Crippen LogP contribution in [0.25, 0.3) is 11.1 Å². The van der Waals surface area contributed by atoms with E-state index in [0.717, 1.165) is 11.1 Å². The van der Waals surface area contributed by atoms with Gasteiger partial charge in [0.15, 0.2) is 0 Å². The Morgan fingerprint density at radius 2 is 1.51 bits per heavy atom. The van der Waals surface area contributed by atoms with Gasteiger partial charge in [0.1, 0.15) is 19.0 Å². The maximum absolute atomic E-state index is 15.4. The number of ether oxygens (including phenoxy) is 2. The van der Waals surface area contributed by atoms with E-state index in [1.54, 1.807) is 19.1 Å². The number of carbonyl (C=O) groups is 1. The van der Waals surface area contributed by atoms with Crippen LogP contribution in [0.4, 0.5) is 10.1 Å². The van der Waals surface area contributed by atoms with Crippen LogP contribution in [0.15, 0.2) is 91.0 Å². The fourth-order valence-electron chi connectivity index (χ4n) is 4.68. The lowest BCUT2D eigenvalue weighted by atomic mass is 9.80. The van der Waals surface area contributed by atoms with Crippen molar-refractivity contribution in [1.82, 2.24) is 4.98 Å². The first-order valence-corrected chi connectivity index (χ1v) is 13.0. The van der Waals surface area contributed by atoms with E-state index in [0.29, 0.717) is 67.7 Å². The number of nitrogens with zero attached hydrogens (tertiary/aromatic N) is 2. The smallest absolute Gasteiger partial charge is 0.309 e. The number of pyridine rings is 1. The predicted octanol–water partition coefficient (Wildman–Crippen LogP) is 6.74. The Bertz CT molecular complexity index is 1420. The Morgan fingerprint density at radius 1 is 0.897 bits per heavy atom. The average Bonchev–Trinajstić information content (AvgIpc) is 2.96. The van der Waals surface area contributed by atoms with Crippen LogP contribution >= 0.6 is 0 Å². The number of benzene rings is 3. The van der Waals surface area contributed by atoms with Gasteiger partial charge in [-0.05, 0) is 54.7 Å². The number of aliphatic carboxylic acids is 1. The molecular weight excluding hydrogens is 495 g/mol. The molecule has 7 heteroatoms. The number of halogens is 1. The van der Waals surface area contributed by atoms with Crippen molar-refractivity contribution in [2.24, 2.45) is 5.41 Å². The molecule has 5 rings (SSSR count). The molecule has 39 heavy (non-hydrogen) atoms. The van der Waals surface area contributed by atoms with Crippen LogP contribution in [-0.2, 0) is 18.0 Å². The van der Waals surface area contributed by atoms with Crippen molar-refractivity contribution < 1.29 is 23.8 Å². The van der Waals surface area contributed by atoms with Crippen LogP contribution in [0.1, 0.15) is 30.9 Å².